The lowest BCUT2D eigenvalue weighted by atomic mass is 9.83. The first-order chi connectivity index (χ1) is 12.7. The number of benzene rings is 1. The third-order valence-corrected chi connectivity index (χ3v) is 6.42. The predicted octanol–water partition coefficient (Wildman–Crippen LogP) is 2.96. The summed E-state index contributed by atoms with van der Waals surface area (Å²) in [5.74, 6) is 0.661. The van der Waals surface area contributed by atoms with Gasteiger partial charge in [-0.1, -0.05) is 30.3 Å². The van der Waals surface area contributed by atoms with Crippen molar-refractivity contribution in [3.05, 3.63) is 35.9 Å². The summed E-state index contributed by atoms with van der Waals surface area (Å²) in [7, 11) is 0. The first kappa shape index (κ1) is 17.8. The number of hydrogen-bond donors (Lipinski definition) is 1. The van der Waals surface area contributed by atoms with E-state index in [9.17, 15) is 4.79 Å². The summed E-state index contributed by atoms with van der Waals surface area (Å²) < 4.78 is 6.24. The van der Waals surface area contributed by atoms with E-state index in [1.165, 1.54) is 18.4 Å². The van der Waals surface area contributed by atoms with Gasteiger partial charge in [-0.15, -0.1) is 0 Å². The third kappa shape index (κ3) is 3.74. The van der Waals surface area contributed by atoms with Crippen LogP contribution in [0, 0.1) is 0 Å². The molecule has 2 unspecified atom stereocenters. The van der Waals surface area contributed by atoms with E-state index in [1.54, 1.807) is 0 Å². The molecule has 1 saturated carbocycles. The van der Waals surface area contributed by atoms with Crippen LogP contribution in [-0.2, 0) is 4.74 Å². The molecule has 5 nitrogen and oxygen atoms in total. The summed E-state index contributed by atoms with van der Waals surface area (Å²) >= 11 is 0. The van der Waals surface area contributed by atoms with Gasteiger partial charge in [0, 0.05) is 25.7 Å². The fraction of sp³-hybridized carbons (Fsp3) is 0.667. The molecule has 2 N–H and O–H groups in total. The lowest BCUT2D eigenvalue weighted by Crippen LogP contribution is -2.54. The summed E-state index contributed by atoms with van der Waals surface area (Å²) in [6.45, 7) is 3.13. The first-order valence-corrected chi connectivity index (χ1v) is 10.2. The number of nitrogens with zero attached hydrogens (tertiary/aromatic N) is 2. The van der Waals surface area contributed by atoms with E-state index in [1.807, 2.05) is 9.80 Å². The average Bonchev–Trinajstić information content (AvgIpc) is 3.00. The second kappa shape index (κ2) is 7.97. The Morgan fingerprint density at radius 2 is 1.77 bits per heavy atom. The largest absolute Gasteiger partial charge is 0.376 e. The fourth-order valence-corrected chi connectivity index (χ4v) is 4.54. The maximum Gasteiger partial charge on any atom is 0.320 e. The molecule has 1 aromatic rings. The molecular weight excluding hydrogens is 326 g/mol. The van der Waals surface area contributed by atoms with Crippen molar-refractivity contribution in [3.63, 3.8) is 0 Å². The smallest absolute Gasteiger partial charge is 0.320 e. The number of rotatable bonds is 4. The van der Waals surface area contributed by atoms with Crippen LogP contribution in [0.3, 0.4) is 0 Å². The van der Waals surface area contributed by atoms with Crippen molar-refractivity contribution >= 4 is 6.03 Å². The number of hydrogen-bond acceptors (Lipinski definition) is 3. The summed E-state index contributed by atoms with van der Waals surface area (Å²) in [4.78, 5) is 16.5. The molecule has 1 aromatic carbocycles. The second-order valence-electron chi connectivity index (χ2n) is 8.05. The zero-order chi connectivity index (χ0) is 17.9. The van der Waals surface area contributed by atoms with Crippen molar-refractivity contribution in [2.24, 2.45) is 5.73 Å². The molecule has 0 radical (unpaired) electrons. The lowest BCUT2D eigenvalue weighted by molar-refractivity contribution is -0.00331. The molecule has 2 amide bonds. The fourth-order valence-electron chi connectivity index (χ4n) is 4.54. The van der Waals surface area contributed by atoms with Gasteiger partial charge >= 0.3 is 6.03 Å². The maximum atomic E-state index is 12.6. The van der Waals surface area contributed by atoms with Gasteiger partial charge in [0.05, 0.1) is 18.8 Å². The molecule has 2 heterocycles. The lowest BCUT2D eigenvalue weighted by Gasteiger charge is -2.38. The monoisotopic (exact) mass is 357 g/mol. The average molecular weight is 357 g/mol. The third-order valence-electron chi connectivity index (χ3n) is 6.42. The molecule has 0 bridgehead atoms. The van der Waals surface area contributed by atoms with E-state index in [-0.39, 0.29) is 18.1 Å². The minimum absolute atomic E-state index is 0.0370. The van der Waals surface area contributed by atoms with Gasteiger partial charge in [-0.2, -0.15) is 0 Å². The van der Waals surface area contributed by atoms with Crippen LogP contribution < -0.4 is 5.73 Å². The first-order valence-electron chi connectivity index (χ1n) is 10.2. The zero-order valence-corrected chi connectivity index (χ0v) is 15.6. The number of amides is 2. The van der Waals surface area contributed by atoms with E-state index in [0.29, 0.717) is 18.6 Å². The van der Waals surface area contributed by atoms with Gasteiger partial charge in [0.15, 0.2) is 0 Å². The summed E-state index contributed by atoms with van der Waals surface area (Å²) in [6.07, 6.45) is 6.88. The molecule has 2 atom stereocenters. The number of nitrogens with two attached hydrogens (primary N) is 1. The van der Waals surface area contributed by atoms with Crippen LogP contribution in [0.15, 0.2) is 30.3 Å². The minimum Gasteiger partial charge on any atom is -0.376 e. The Hall–Kier alpha value is -1.59. The number of carbonyl (C=O) groups excluding carboxylic acids is 1. The molecule has 0 aromatic heterocycles. The molecule has 2 saturated heterocycles. The minimum atomic E-state index is 0.0370. The molecule has 4 rings (SSSR count). The maximum absolute atomic E-state index is 12.6. The Kier molecular flexibility index (Phi) is 5.46. The van der Waals surface area contributed by atoms with Crippen LogP contribution in [0.5, 0.6) is 0 Å². The van der Waals surface area contributed by atoms with Crippen LogP contribution in [0.2, 0.25) is 0 Å². The summed E-state index contributed by atoms with van der Waals surface area (Å²) in [5.41, 5.74) is 7.74. The van der Waals surface area contributed by atoms with Crippen molar-refractivity contribution < 1.29 is 9.53 Å². The van der Waals surface area contributed by atoms with Crippen LogP contribution in [0.25, 0.3) is 0 Å². The van der Waals surface area contributed by atoms with Crippen LogP contribution in [0.1, 0.15) is 50.0 Å². The molecule has 5 heteroatoms. The SMILES string of the molecule is NC1CCN(C(=O)N2CCC2)C1CO[C@H]1CC[C@@H](c2ccccc2)CC1. The summed E-state index contributed by atoms with van der Waals surface area (Å²) in [6, 6.07) is 11.1. The number of likely N-dealkylation sites (tertiary alicyclic amines) is 2. The van der Waals surface area contributed by atoms with E-state index in [0.717, 1.165) is 45.3 Å². The summed E-state index contributed by atoms with van der Waals surface area (Å²) in [5, 5.41) is 0. The van der Waals surface area contributed by atoms with Gasteiger partial charge < -0.3 is 20.3 Å². The highest BCUT2D eigenvalue weighted by atomic mass is 16.5. The normalized spacial score (nSPS) is 31.7. The van der Waals surface area contributed by atoms with Crippen molar-refractivity contribution in [1.29, 1.82) is 0 Å². The van der Waals surface area contributed by atoms with Crippen molar-refractivity contribution in [1.82, 2.24) is 9.80 Å². The van der Waals surface area contributed by atoms with E-state index >= 15 is 0 Å². The molecule has 3 aliphatic rings. The molecular formula is C21H31N3O2. The van der Waals surface area contributed by atoms with E-state index in [4.69, 9.17) is 10.5 Å². The quantitative estimate of drug-likeness (QED) is 0.901. The van der Waals surface area contributed by atoms with Gasteiger partial charge in [-0.25, -0.2) is 4.79 Å². The highest BCUT2D eigenvalue weighted by Gasteiger charge is 2.38. The highest BCUT2D eigenvalue weighted by molar-refractivity contribution is 5.76. The van der Waals surface area contributed by atoms with Crippen molar-refractivity contribution in [2.45, 2.75) is 62.6 Å². The van der Waals surface area contributed by atoms with Crippen LogP contribution in [-0.4, -0.2) is 60.3 Å². The number of ether oxygens (including phenoxy) is 1. The van der Waals surface area contributed by atoms with Crippen molar-refractivity contribution in [3.8, 4) is 0 Å². The Balaban J connectivity index is 1.26. The molecule has 1 aliphatic carbocycles. The number of urea groups is 1. The van der Waals surface area contributed by atoms with Gasteiger partial charge in [0.2, 0.25) is 0 Å². The molecule has 2 aliphatic heterocycles. The van der Waals surface area contributed by atoms with Gasteiger partial charge in [-0.3, -0.25) is 0 Å². The van der Waals surface area contributed by atoms with Gasteiger partial charge in [-0.05, 0) is 50.0 Å². The van der Waals surface area contributed by atoms with Crippen LogP contribution in [0.4, 0.5) is 4.79 Å². The Labute approximate surface area is 156 Å². The Bertz CT molecular complexity index is 597. The molecule has 142 valence electrons. The Morgan fingerprint density at radius 3 is 2.42 bits per heavy atom. The van der Waals surface area contributed by atoms with Gasteiger partial charge in [0.25, 0.3) is 0 Å². The topological polar surface area (TPSA) is 58.8 Å². The predicted molar refractivity (Wildman–Crippen MR) is 102 cm³/mol. The van der Waals surface area contributed by atoms with Gasteiger partial charge in [0.1, 0.15) is 0 Å². The molecule has 26 heavy (non-hydrogen) atoms. The highest BCUT2D eigenvalue weighted by Crippen LogP contribution is 2.34. The second-order valence-corrected chi connectivity index (χ2v) is 8.05. The Morgan fingerprint density at radius 1 is 1.04 bits per heavy atom. The van der Waals surface area contributed by atoms with Crippen LogP contribution >= 0.6 is 0 Å². The standard InChI is InChI=1S/C21H31N3O2/c22-19-11-14-24(21(25)23-12-4-13-23)20(19)15-26-18-9-7-17(8-10-18)16-5-2-1-3-6-16/h1-3,5-6,17-20H,4,7-15,22H2/t17-,18+,19?,20?. The van der Waals surface area contributed by atoms with E-state index < -0.39 is 0 Å². The number of carbonyl (C=O) groups is 1. The zero-order valence-electron chi connectivity index (χ0n) is 15.6. The van der Waals surface area contributed by atoms with Crippen molar-refractivity contribution in [2.75, 3.05) is 26.2 Å². The molecule has 3 fully saturated rings. The molecule has 0 spiro atoms. The van der Waals surface area contributed by atoms with E-state index in [2.05, 4.69) is 30.3 Å².